The summed E-state index contributed by atoms with van der Waals surface area (Å²) in [6.07, 6.45) is 0. The quantitative estimate of drug-likeness (QED) is 0.882. The Morgan fingerprint density at radius 1 is 1.38 bits per heavy atom. The second kappa shape index (κ2) is 4.61. The Labute approximate surface area is 98.2 Å². The molecule has 0 saturated heterocycles. The van der Waals surface area contributed by atoms with Crippen LogP contribution in [-0.4, -0.2) is 4.98 Å². The molecule has 4 heteroatoms. The number of aryl methyl sites for hydroxylation is 2. The van der Waals surface area contributed by atoms with Crippen LogP contribution in [-0.2, 0) is 6.54 Å². The zero-order chi connectivity index (χ0) is 11.5. The van der Waals surface area contributed by atoms with Gasteiger partial charge in [0.15, 0.2) is 0 Å². The van der Waals surface area contributed by atoms with Crippen molar-refractivity contribution in [3.05, 3.63) is 45.7 Å². The molecule has 1 heterocycles. The van der Waals surface area contributed by atoms with Gasteiger partial charge in [-0.15, -0.1) is 11.3 Å². The molecule has 0 amide bonds. The third kappa shape index (κ3) is 2.39. The highest BCUT2D eigenvalue weighted by atomic mass is 32.1. The second-order valence-corrected chi connectivity index (χ2v) is 4.61. The summed E-state index contributed by atoms with van der Waals surface area (Å²) in [6.45, 7) is 4.63. The molecule has 0 aliphatic heterocycles. The van der Waals surface area contributed by atoms with Crippen molar-refractivity contribution in [1.82, 2.24) is 4.98 Å². The lowest BCUT2D eigenvalue weighted by Crippen LogP contribution is -2.01. The van der Waals surface area contributed by atoms with Gasteiger partial charge < -0.3 is 5.32 Å². The van der Waals surface area contributed by atoms with E-state index in [1.54, 1.807) is 17.4 Å². The van der Waals surface area contributed by atoms with E-state index in [-0.39, 0.29) is 5.82 Å². The largest absolute Gasteiger partial charge is 0.380 e. The molecule has 1 aromatic heterocycles. The summed E-state index contributed by atoms with van der Waals surface area (Å²) in [6, 6.07) is 4.77. The molecule has 2 aromatic rings. The highest BCUT2D eigenvalue weighted by Gasteiger charge is 2.03. The average Bonchev–Trinajstić information content (AvgIpc) is 2.66. The zero-order valence-corrected chi connectivity index (χ0v) is 10.1. The third-order valence-corrected chi connectivity index (χ3v) is 3.42. The summed E-state index contributed by atoms with van der Waals surface area (Å²) in [7, 11) is 0. The van der Waals surface area contributed by atoms with Crippen molar-refractivity contribution < 1.29 is 4.39 Å². The molecule has 0 atom stereocenters. The molecular formula is C12H13FN2S. The molecule has 1 aromatic carbocycles. The molecule has 1 N–H and O–H groups in total. The Morgan fingerprint density at radius 2 is 2.19 bits per heavy atom. The summed E-state index contributed by atoms with van der Waals surface area (Å²) in [5.41, 5.74) is 4.74. The molecule has 0 unspecified atom stereocenters. The van der Waals surface area contributed by atoms with Crippen molar-refractivity contribution in [3.8, 4) is 0 Å². The zero-order valence-electron chi connectivity index (χ0n) is 9.25. The van der Waals surface area contributed by atoms with Crippen molar-refractivity contribution in [2.75, 3.05) is 5.32 Å². The topological polar surface area (TPSA) is 24.9 Å². The van der Waals surface area contributed by atoms with Crippen LogP contribution in [0.25, 0.3) is 0 Å². The van der Waals surface area contributed by atoms with Crippen LogP contribution in [0.2, 0.25) is 0 Å². The van der Waals surface area contributed by atoms with Crippen LogP contribution in [0.15, 0.2) is 23.7 Å². The van der Waals surface area contributed by atoms with E-state index in [1.807, 2.05) is 19.4 Å². The average molecular weight is 236 g/mol. The van der Waals surface area contributed by atoms with Crippen molar-refractivity contribution in [2.45, 2.75) is 20.4 Å². The normalized spacial score (nSPS) is 10.4. The number of hydrogen-bond donors (Lipinski definition) is 1. The number of aromatic nitrogens is 1. The van der Waals surface area contributed by atoms with Crippen LogP contribution in [0.1, 0.15) is 16.1 Å². The molecule has 84 valence electrons. The molecule has 16 heavy (non-hydrogen) atoms. The lowest BCUT2D eigenvalue weighted by atomic mass is 10.2. The lowest BCUT2D eigenvalue weighted by molar-refractivity contribution is 0.628. The fraction of sp³-hybridized carbons (Fsp3) is 0.250. The standard InChI is InChI=1S/C12H13FN2S/c1-8-3-4-10(13)5-11(8)14-6-12-9(2)15-7-16-12/h3-5,7,14H,6H2,1-2H3. The fourth-order valence-electron chi connectivity index (χ4n) is 1.46. The van der Waals surface area contributed by atoms with Gasteiger partial charge in [0.2, 0.25) is 0 Å². The minimum atomic E-state index is -0.214. The van der Waals surface area contributed by atoms with E-state index < -0.39 is 0 Å². The van der Waals surface area contributed by atoms with Crippen molar-refractivity contribution in [1.29, 1.82) is 0 Å². The summed E-state index contributed by atoms with van der Waals surface area (Å²) in [4.78, 5) is 5.36. The van der Waals surface area contributed by atoms with Crippen LogP contribution in [0.4, 0.5) is 10.1 Å². The van der Waals surface area contributed by atoms with Gasteiger partial charge in [0.25, 0.3) is 0 Å². The minimum absolute atomic E-state index is 0.214. The third-order valence-electron chi connectivity index (χ3n) is 2.48. The molecule has 0 spiro atoms. The summed E-state index contributed by atoms with van der Waals surface area (Å²) in [5, 5.41) is 3.23. The number of nitrogens with zero attached hydrogens (tertiary/aromatic N) is 1. The Balaban J connectivity index is 2.10. The maximum atomic E-state index is 13.0. The first-order valence-electron chi connectivity index (χ1n) is 5.06. The molecule has 0 aliphatic rings. The minimum Gasteiger partial charge on any atom is -0.380 e. The molecule has 0 aliphatic carbocycles. The number of benzene rings is 1. The Hall–Kier alpha value is -1.42. The maximum Gasteiger partial charge on any atom is 0.125 e. The first-order valence-corrected chi connectivity index (χ1v) is 5.94. The van der Waals surface area contributed by atoms with Gasteiger partial charge in [-0.1, -0.05) is 6.07 Å². The van der Waals surface area contributed by atoms with Gasteiger partial charge in [0.1, 0.15) is 5.82 Å². The van der Waals surface area contributed by atoms with E-state index in [0.717, 1.165) is 16.9 Å². The molecule has 2 nitrogen and oxygen atoms in total. The van der Waals surface area contributed by atoms with E-state index in [1.165, 1.54) is 17.0 Å². The van der Waals surface area contributed by atoms with E-state index >= 15 is 0 Å². The lowest BCUT2D eigenvalue weighted by Gasteiger charge is -2.08. The highest BCUT2D eigenvalue weighted by molar-refractivity contribution is 7.09. The smallest absolute Gasteiger partial charge is 0.125 e. The van der Waals surface area contributed by atoms with E-state index in [2.05, 4.69) is 10.3 Å². The number of rotatable bonds is 3. The molecule has 0 fully saturated rings. The monoisotopic (exact) mass is 236 g/mol. The molecule has 0 saturated carbocycles. The van der Waals surface area contributed by atoms with Crippen molar-refractivity contribution in [3.63, 3.8) is 0 Å². The van der Waals surface area contributed by atoms with Crippen LogP contribution in [0, 0.1) is 19.7 Å². The van der Waals surface area contributed by atoms with Crippen molar-refractivity contribution >= 4 is 17.0 Å². The van der Waals surface area contributed by atoms with Gasteiger partial charge in [-0.2, -0.15) is 0 Å². The first kappa shape index (κ1) is 11.1. The Morgan fingerprint density at radius 3 is 2.88 bits per heavy atom. The molecule has 0 radical (unpaired) electrons. The van der Waals surface area contributed by atoms with Crippen molar-refractivity contribution in [2.24, 2.45) is 0 Å². The Bertz CT molecular complexity index is 494. The van der Waals surface area contributed by atoms with Gasteiger partial charge >= 0.3 is 0 Å². The molecule has 2 rings (SSSR count). The number of anilines is 1. The predicted molar refractivity (Wildman–Crippen MR) is 65.3 cm³/mol. The van der Waals surface area contributed by atoms with Gasteiger partial charge in [-0.25, -0.2) is 9.37 Å². The second-order valence-electron chi connectivity index (χ2n) is 3.67. The fourth-order valence-corrected chi connectivity index (χ4v) is 2.17. The number of halogens is 1. The van der Waals surface area contributed by atoms with E-state index in [9.17, 15) is 4.39 Å². The maximum absolute atomic E-state index is 13.0. The van der Waals surface area contributed by atoms with Gasteiger partial charge in [0.05, 0.1) is 17.7 Å². The van der Waals surface area contributed by atoms with E-state index in [4.69, 9.17) is 0 Å². The number of nitrogens with one attached hydrogen (secondary N) is 1. The Kier molecular flexibility index (Phi) is 3.19. The highest BCUT2D eigenvalue weighted by Crippen LogP contribution is 2.19. The first-order chi connectivity index (χ1) is 7.66. The predicted octanol–water partition coefficient (Wildman–Crippen LogP) is 3.51. The van der Waals surface area contributed by atoms with Gasteiger partial charge in [-0.05, 0) is 31.5 Å². The number of hydrogen-bond acceptors (Lipinski definition) is 3. The van der Waals surface area contributed by atoms with Crippen LogP contribution < -0.4 is 5.32 Å². The summed E-state index contributed by atoms with van der Waals surface area (Å²) in [5.74, 6) is -0.214. The summed E-state index contributed by atoms with van der Waals surface area (Å²) >= 11 is 1.61. The van der Waals surface area contributed by atoms with Crippen LogP contribution in [0.3, 0.4) is 0 Å². The SMILES string of the molecule is Cc1ccc(F)cc1NCc1scnc1C. The molecular weight excluding hydrogens is 223 g/mol. The van der Waals surface area contributed by atoms with Gasteiger partial charge in [-0.3, -0.25) is 0 Å². The molecule has 0 bridgehead atoms. The number of thiazole rings is 1. The van der Waals surface area contributed by atoms with Gasteiger partial charge in [0, 0.05) is 10.6 Å². The van der Waals surface area contributed by atoms with Crippen LogP contribution >= 0.6 is 11.3 Å². The summed E-state index contributed by atoms with van der Waals surface area (Å²) < 4.78 is 13.0. The van der Waals surface area contributed by atoms with Crippen LogP contribution in [0.5, 0.6) is 0 Å². The van der Waals surface area contributed by atoms with E-state index in [0.29, 0.717) is 6.54 Å².